The second kappa shape index (κ2) is 25.4. The molecule has 8 rings (SSSR count). The third kappa shape index (κ3) is 14.0. The van der Waals surface area contributed by atoms with E-state index >= 15 is 0 Å². The van der Waals surface area contributed by atoms with Crippen LogP contribution in [-0.4, -0.2) is 86.1 Å². The number of hydrogen-bond acceptors (Lipinski definition) is 34. The SMILES string of the molecule is NOOSc1ccc(N=Nc2c(SOOO)cc3c(S(=O)(=O)O)c(N=Nc4c(SOOO)cc5c(S(=O)(=O)O)cc(N=Nc6ccc7c(O)c(N=Nc8ccc(S(N)(=O)=O)cc8)c(S(=O)(=O)O)cc7c6S(=O)(=O)O)c(N)c5c4O)ccc3c2O)cc1. The smallest absolute Gasteiger partial charge is 0.297 e. The first-order chi connectivity index (χ1) is 40.4. The van der Waals surface area contributed by atoms with E-state index in [1.54, 1.807) is 0 Å². The summed E-state index contributed by atoms with van der Waals surface area (Å²) in [6, 6.07) is 16.3. The van der Waals surface area contributed by atoms with E-state index in [1.165, 1.54) is 24.3 Å². The largest absolute Gasteiger partial charge is 0.505 e. The van der Waals surface area contributed by atoms with Crippen molar-refractivity contribution >= 4 is 170 Å². The summed E-state index contributed by atoms with van der Waals surface area (Å²) >= 11 is 0.882. The van der Waals surface area contributed by atoms with E-state index in [-0.39, 0.29) is 50.6 Å². The number of nitrogens with zero attached hydrogens (tertiary/aromatic N) is 8. The van der Waals surface area contributed by atoms with E-state index in [4.69, 9.17) is 27.3 Å². The first-order valence-corrected chi connectivity index (χ1v) is 31.5. The van der Waals surface area contributed by atoms with Gasteiger partial charge in [0.15, 0.2) is 17.2 Å². The molecule has 0 bridgehead atoms. The van der Waals surface area contributed by atoms with Crippen molar-refractivity contribution in [1.29, 1.82) is 0 Å². The lowest BCUT2D eigenvalue weighted by molar-refractivity contribution is -0.432. The van der Waals surface area contributed by atoms with Crippen molar-refractivity contribution in [3.63, 3.8) is 0 Å². The summed E-state index contributed by atoms with van der Waals surface area (Å²) in [6.07, 6.45) is 0. The Balaban J connectivity index is 1.27. The second-order valence-electron chi connectivity index (χ2n) is 16.4. The fourth-order valence-electron chi connectivity index (χ4n) is 7.74. The Hall–Kier alpha value is -7.62. The molecule has 0 amide bonds. The third-order valence-corrected chi connectivity index (χ3v) is 17.7. The first-order valence-electron chi connectivity index (χ1n) is 21.9. The van der Waals surface area contributed by atoms with Gasteiger partial charge in [-0.1, -0.05) is 10.1 Å². The van der Waals surface area contributed by atoms with Gasteiger partial charge in [-0.2, -0.15) is 49.8 Å². The zero-order chi connectivity index (χ0) is 62.8. The van der Waals surface area contributed by atoms with Crippen molar-refractivity contribution in [3.8, 4) is 17.2 Å². The average Bonchev–Trinajstić information content (AvgIpc) is 0.892. The summed E-state index contributed by atoms with van der Waals surface area (Å²) in [5.41, 5.74) is 0.783. The Bertz CT molecular complexity index is 4800. The molecule has 8 aromatic carbocycles. The number of anilines is 1. The van der Waals surface area contributed by atoms with Crippen LogP contribution in [0.5, 0.6) is 17.2 Å². The van der Waals surface area contributed by atoms with Crippen molar-refractivity contribution in [3.05, 3.63) is 97.1 Å². The molecule has 0 aliphatic heterocycles. The number of phenols is 3. The number of sulfonamides is 1. The Morgan fingerprint density at radius 1 is 0.430 bits per heavy atom. The molecule has 15 N–H and O–H groups in total. The van der Waals surface area contributed by atoms with Crippen LogP contribution in [-0.2, 0) is 78.6 Å². The van der Waals surface area contributed by atoms with Crippen LogP contribution in [0.3, 0.4) is 0 Å². The fourth-order valence-corrected chi connectivity index (χ4v) is 12.6. The lowest BCUT2D eigenvalue weighted by Crippen LogP contribution is -2.11. The van der Waals surface area contributed by atoms with E-state index in [0.717, 1.165) is 72.7 Å². The Morgan fingerprint density at radius 2 is 0.872 bits per heavy atom. The molecule has 0 unspecified atom stereocenters. The highest BCUT2D eigenvalue weighted by Crippen LogP contribution is 2.52. The molecule has 0 fully saturated rings. The Kier molecular flexibility index (Phi) is 19.0. The molecule has 86 heavy (non-hydrogen) atoms. The first kappa shape index (κ1) is 64.4. The van der Waals surface area contributed by atoms with Gasteiger partial charge in [0.1, 0.15) is 53.7 Å². The zero-order valence-electron chi connectivity index (χ0n) is 41.4. The molecule has 36 nitrogen and oxygen atoms in total. The molecule has 0 aromatic heterocycles. The van der Waals surface area contributed by atoms with Gasteiger partial charge in [-0.25, -0.2) is 24.1 Å². The number of fused-ring (bicyclic) bond motifs is 3. The summed E-state index contributed by atoms with van der Waals surface area (Å²) in [6.45, 7) is 0. The molecular formula is C42H31N11O25S8. The zero-order valence-corrected chi connectivity index (χ0v) is 47.9. The quantitative estimate of drug-likeness (QED) is 0.00749. The number of rotatable bonds is 22. The van der Waals surface area contributed by atoms with E-state index in [0.29, 0.717) is 17.0 Å². The average molecular weight is 1350 g/mol. The summed E-state index contributed by atoms with van der Waals surface area (Å²) in [4.78, 5) is -1.64. The molecular weight excluding hydrogens is 1320 g/mol. The molecule has 452 valence electrons. The number of primary sulfonamides is 1. The summed E-state index contributed by atoms with van der Waals surface area (Å²) in [7, 11) is -26.3. The lowest BCUT2D eigenvalue weighted by atomic mass is 10.0. The number of nitrogens with two attached hydrogens (primary N) is 3. The number of nitrogen functional groups attached to an aromatic ring is 1. The molecule has 0 aliphatic rings. The predicted molar refractivity (Wildman–Crippen MR) is 295 cm³/mol. The highest BCUT2D eigenvalue weighted by atomic mass is 32.2. The number of aromatic hydroxyl groups is 3. The van der Waals surface area contributed by atoms with Gasteiger partial charge < -0.3 is 21.1 Å². The van der Waals surface area contributed by atoms with Crippen LogP contribution in [0.2, 0.25) is 0 Å². The van der Waals surface area contributed by atoms with Crippen molar-refractivity contribution in [1.82, 2.24) is 0 Å². The van der Waals surface area contributed by atoms with Crippen LogP contribution in [0, 0.1) is 0 Å². The monoisotopic (exact) mass is 1340 g/mol. The van der Waals surface area contributed by atoms with Crippen LogP contribution in [0.25, 0.3) is 32.3 Å². The van der Waals surface area contributed by atoms with Gasteiger partial charge in [0.05, 0.1) is 73.3 Å². The molecule has 8 aromatic rings. The molecule has 0 spiro atoms. The fraction of sp³-hybridized carbons (Fsp3) is 0. The van der Waals surface area contributed by atoms with E-state index in [2.05, 4.69) is 69.0 Å². The van der Waals surface area contributed by atoms with Crippen molar-refractivity contribution in [2.75, 3.05) is 5.73 Å². The molecule has 0 atom stereocenters. The number of benzene rings is 8. The minimum atomic E-state index is -5.64. The molecule has 0 radical (unpaired) electrons. The van der Waals surface area contributed by atoms with E-state index < -0.39 is 159 Å². The van der Waals surface area contributed by atoms with Crippen molar-refractivity contribution in [2.24, 2.45) is 51.9 Å². The Morgan fingerprint density at radius 3 is 1.36 bits per heavy atom. The van der Waals surface area contributed by atoms with Crippen LogP contribution in [0.15, 0.2) is 177 Å². The van der Waals surface area contributed by atoms with Crippen LogP contribution in [0.1, 0.15) is 0 Å². The minimum Gasteiger partial charge on any atom is -0.505 e. The predicted octanol–water partition coefficient (Wildman–Crippen LogP) is 9.83. The van der Waals surface area contributed by atoms with Gasteiger partial charge in [-0.3, -0.25) is 18.2 Å². The maximum atomic E-state index is 13.2. The standard InChI is InChI=1S/C42H31N11O25S8/c43-34-28(50-48-26-11-10-22-24(42(26)86(70,71)72)15-32(84(64,65)66)37(39(22)55)53-47-18-3-7-20(8-4-18)82(45,59)60)16-31(83(61,62)63)25-14-30(81-78-75-58)36(40(56)33(25)34)52-49-27-12-9-21-23(41(27)85(67,68)69)13-29(80-77-74-57)35(38(21)54)51-46-17-1-5-19(6-2-17)79-76-73-44/h1-16,54-58H,43-44H2,(H2,45,59,60)(H,61,62,63)(H,64,65,66)(H,67,68,69)(H,70,71,72). The number of hydrogen-bond donors (Lipinski definition) is 12. The van der Waals surface area contributed by atoms with Crippen molar-refractivity contribution in [2.45, 2.75) is 39.2 Å². The number of azo groups is 4. The van der Waals surface area contributed by atoms with Gasteiger partial charge >= 0.3 is 0 Å². The molecule has 44 heteroatoms. The molecule has 0 saturated carbocycles. The topological polar surface area (TPSA) is 585 Å². The molecule has 0 saturated heterocycles. The maximum absolute atomic E-state index is 13.2. The lowest BCUT2D eigenvalue weighted by Gasteiger charge is -2.15. The van der Waals surface area contributed by atoms with Crippen LogP contribution in [0.4, 0.5) is 51.2 Å². The van der Waals surface area contributed by atoms with Gasteiger partial charge in [-0.05, 0) is 97.1 Å². The molecule has 0 aliphatic carbocycles. The van der Waals surface area contributed by atoms with Gasteiger partial charge in [0, 0.05) is 31.8 Å². The van der Waals surface area contributed by atoms with Crippen molar-refractivity contribution < 1.29 is 114 Å². The molecule has 0 heterocycles. The summed E-state index contributed by atoms with van der Waals surface area (Å²) in [5.74, 6) is 1.64. The van der Waals surface area contributed by atoms with Crippen LogP contribution < -0.4 is 16.8 Å². The highest BCUT2D eigenvalue weighted by Gasteiger charge is 2.31. The van der Waals surface area contributed by atoms with E-state index in [9.17, 15) is 75.6 Å². The van der Waals surface area contributed by atoms with E-state index in [1.807, 2.05) is 0 Å². The Labute approximate surface area is 492 Å². The minimum absolute atomic E-state index is 0.0234. The highest BCUT2D eigenvalue weighted by molar-refractivity contribution is 7.95. The van der Waals surface area contributed by atoms with Gasteiger partial charge in [-0.15, -0.1) is 48.7 Å². The maximum Gasteiger partial charge on any atom is 0.297 e. The summed E-state index contributed by atoms with van der Waals surface area (Å²) in [5, 5.41) is 91.9. The van der Waals surface area contributed by atoms with Gasteiger partial charge in [0.2, 0.25) is 10.0 Å². The number of phenolic OH excluding ortho intramolecular Hbond substituents is 3. The second-order valence-corrected chi connectivity index (χ2v) is 25.7. The van der Waals surface area contributed by atoms with Gasteiger partial charge in [0.25, 0.3) is 40.5 Å². The normalized spacial score (nSPS) is 13.1. The summed E-state index contributed by atoms with van der Waals surface area (Å²) < 4.78 is 183. The third-order valence-electron chi connectivity index (χ3n) is 11.3. The van der Waals surface area contributed by atoms with Crippen LogP contribution >= 0.6 is 36.1 Å².